The molecule has 2 aliphatic rings. The topological polar surface area (TPSA) is 29.5 Å². The molecule has 1 aliphatic heterocycles. The molecule has 15 heavy (non-hydrogen) atoms. The molecule has 1 saturated heterocycles. The minimum atomic E-state index is 0.359. The first-order chi connectivity index (χ1) is 7.42. The molecule has 2 nitrogen and oxygen atoms in total. The highest BCUT2D eigenvalue weighted by molar-refractivity contribution is 4.81. The Bertz CT molecular complexity index is 169. The van der Waals surface area contributed by atoms with Crippen molar-refractivity contribution in [2.45, 2.75) is 44.9 Å². The Labute approximate surface area is 93.0 Å². The van der Waals surface area contributed by atoms with E-state index in [4.69, 9.17) is 4.74 Å². The Morgan fingerprint density at radius 3 is 2.47 bits per heavy atom. The first kappa shape index (κ1) is 11.4. The van der Waals surface area contributed by atoms with Gasteiger partial charge in [-0.3, -0.25) is 0 Å². The summed E-state index contributed by atoms with van der Waals surface area (Å²) in [7, 11) is 0. The zero-order valence-corrected chi connectivity index (χ0v) is 9.66. The third-order valence-electron chi connectivity index (χ3n) is 4.29. The number of rotatable bonds is 4. The predicted octanol–water partition coefficient (Wildman–Crippen LogP) is 2.60. The summed E-state index contributed by atoms with van der Waals surface area (Å²) in [5.41, 5.74) is 0. The number of ether oxygens (including phenoxy) is 1. The van der Waals surface area contributed by atoms with Crippen LogP contribution < -0.4 is 0 Å². The van der Waals surface area contributed by atoms with E-state index in [1.165, 1.54) is 38.5 Å². The van der Waals surface area contributed by atoms with Crippen molar-refractivity contribution in [3.05, 3.63) is 0 Å². The van der Waals surface area contributed by atoms with Gasteiger partial charge < -0.3 is 9.84 Å². The Morgan fingerprint density at radius 1 is 1.07 bits per heavy atom. The van der Waals surface area contributed by atoms with Crippen LogP contribution in [0.15, 0.2) is 0 Å². The van der Waals surface area contributed by atoms with Gasteiger partial charge in [0.2, 0.25) is 0 Å². The van der Waals surface area contributed by atoms with Gasteiger partial charge in [-0.25, -0.2) is 0 Å². The molecule has 1 aliphatic carbocycles. The third-order valence-corrected chi connectivity index (χ3v) is 4.29. The van der Waals surface area contributed by atoms with Crippen LogP contribution in [-0.4, -0.2) is 24.9 Å². The van der Waals surface area contributed by atoms with Crippen LogP contribution >= 0.6 is 0 Å². The molecule has 1 heterocycles. The summed E-state index contributed by atoms with van der Waals surface area (Å²) in [4.78, 5) is 0. The van der Waals surface area contributed by atoms with E-state index in [9.17, 15) is 5.11 Å². The molecule has 0 amide bonds. The minimum absolute atomic E-state index is 0.359. The number of aliphatic hydroxyl groups is 1. The Morgan fingerprint density at radius 2 is 1.87 bits per heavy atom. The summed E-state index contributed by atoms with van der Waals surface area (Å²) < 4.78 is 5.49. The molecule has 0 aromatic carbocycles. The van der Waals surface area contributed by atoms with E-state index >= 15 is 0 Å². The molecule has 2 rings (SSSR count). The lowest BCUT2D eigenvalue weighted by Crippen LogP contribution is -2.26. The fourth-order valence-electron chi connectivity index (χ4n) is 3.46. The number of hydrogen-bond donors (Lipinski definition) is 1. The number of aliphatic hydroxyl groups excluding tert-OH is 1. The normalized spacial score (nSPS) is 30.6. The first-order valence-corrected chi connectivity index (χ1v) is 6.60. The predicted molar refractivity (Wildman–Crippen MR) is 60.7 cm³/mol. The van der Waals surface area contributed by atoms with Crippen LogP contribution in [0, 0.1) is 17.8 Å². The molecule has 1 N–H and O–H groups in total. The van der Waals surface area contributed by atoms with Crippen LogP contribution in [0.2, 0.25) is 0 Å². The highest BCUT2D eigenvalue weighted by atomic mass is 16.5. The summed E-state index contributed by atoms with van der Waals surface area (Å²) in [6.45, 7) is 2.25. The van der Waals surface area contributed by atoms with Crippen molar-refractivity contribution in [1.29, 1.82) is 0 Å². The van der Waals surface area contributed by atoms with Crippen LogP contribution in [-0.2, 0) is 4.74 Å². The van der Waals surface area contributed by atoms with Crippen molar-refractivity contribution < 1.29 is 9.84 Å². The van der Waals surface area contributed by atoms with Crippen LogP contribution in [0.1, 0.15) is 44.9 Å². The van der Waals surface area contributed by atoms with Gasteiger partial charge in [0.15, 0.2) is 0 Å². The van der Waals surface area contributed by atoms with Gasteiger partial charge in [-0.05, 0) is 30.6 Å². The van der Waals surface area contributed by atoms with Crippen molar-refractivity contribution in [3.63, 3.8) is 0 Å². The second kappa shape index (κ2) is 5.86. The summed E-state index contributed by atoms with van der Waals surface area (Å²) in [6, 6.07) is 0. The van der Waals surface area contributed by atoms with Gasteiger partial charge in [-0.15, -0.1) is 0 Å². The Hall–Kier alpha value is -0.0800. The fourth-order valence-corrected chi connectivity index (χ4v) is 3.46. The lowest BCUT2D eigenvalue weighted by atomic mass is 9.72. The van der Waals surface area contributed by atoms with Gasteiger partial charge in [0.05, 0.1) is 0 Å². The quantitative estimate of drug-likeness (QED) is 0.776. The second-order valence-electron chi connectivity index (χ2n) is 5.20. The van der Waals surface area contributed by atoms with Crippen molar-refractivity contribution in [2.24, 2.45) is 17.8 Å². The molecule has 2 heteroatoms. The smallest absolute Gasteiger partial charge is 0.0497 e. The maximum Gasteiger partial charge on any atom is 0.0497 e. The van der Waals surface area contributed by atoms with Crippen molar-refractivity contribution in [2.75, 3.05) is 19.8 Å². The summed E-state index contributed by atoms with van der Waals surface area (Å²) in [6.07, 6.45) is 9.23. The minimum Gasteiger partial charge on any atom is -0.396 e. The molecule has 2 unspecified atom stereocenters. The van der Waals surface area contributed by atoms with Crippen LogP contribution in [0.4, 0.5) is 0 Å². The zero-order valence-electron chi connectivity index (χ0n) is 9.66. The van der Waals surface area contributed by atoms with Gasteiger partial charge in [-0.1, -0.05) is 32.1 Å². The molecule has 88 valence electrons. The van der Waals surface area contributed by atoms with E-state index in [-0.39, 0.29) is 0 Å². The monoisotopic (exact) mass is 212 g/mol. The first-order valence-electron chi connectivity index (χ1n) is 6.60. The lowest BCUT2D eigenvalue weighted by Gasteiger charge is -2.33. The average molecular weight is 212 g/mol. The molecule has 0 aromatic heterocycles. The van der Waals surface area contributed by atoms with E-state index in [1.807, 2.05) is 0 Å². The Balaban J connectivity index is 1.90. The summed E-state index contributed by atoms with van der Waals surface area (Å²) in [5.74, 6) is 2.34. The van der Waals surface area contributed by atoms with E-state index in [1.54, 1.807) is 0 Å². The molecule has 0 radical (unpaired) electrons. The maximum atomic E-state index is 9.19. The molecular formula is C13H24O2. The van der Waals surface area contributed by atoms with Crippen LogP contribution in [0.5, 0.6) is 0 Å². The molecule has 1 saturated carbocycles. The van der Waals surface area contributed by atoms with E-state index in [2.05, 4.69) is 0 Å². The molecule has 0 bridgehead atoms. The SMILES string of the molecule is OCCC(C1CCCCC1)C1CCOC1. The highest BCUT2D eigenvalue weighted by Gasteiger charge is 2.32. The van der Waals surface area contributed by atoms with E-state index in [0.29, 0.717) is 6.61 Å². The standard InChI is InChI=1S/C13H24O2/c14-8-6-13(12-7-9-15-10-12)11-4-2-1-3-5-11/h11-14H,1-10H2. The zero-order chi connectivity index (χ0) is 10.5. The fraction of sp³-hybridized carbons (Fsp3) is 1.00. The van der Waals surface area contributed by atoms with Gasteiger partial charge in [-0.2, -0.15) is 0 Å². The average Bonchev–Trinajstić information content (AvgIpc) is 2.80. The molecular weight excluding hydrogens is 188 g/mol. The highest BCUT2D eigenvalue weighted by Crippen LogP contribution is 2.38. The molecule has 0 spiro atoms. The molecule has 0 aromatic rings. The van der Waals surface area contributed by atoms with Crippen molar-refractivity contribution in [3.8, 4) is 0 Å². The van der Waals surface area contributed by atoms with Crippen molar-refractivity contribution >= 4 is 0 Å². The van der Waals surface area contributed by atoms with Gasteiger partial charge in [0.1, 0.15) is 0 Å². The molecule has 2 atom stereocenters. The van der Waals surface area contributed by atoms with Crippen LogP contribution in [0.25, 0.3) is 0 Å². The second-order valence-corrected chi connectivity index (χ2v) is 5.20. The lowest BCUT2D eigenvalue weighted by molar-refractivity contribution is 0.113. The van der Waals surface area contributed by atoms with Gasteiger partial charge in [0, 0.05) is 19.8 Å². The van der Waals surface area contributed by atoms with Gasteiger partial charge >= 0.3 is 0 Å². The van der Waals surface area contributed by atoms with E-state index < -0.39 is 0 Å². The third kappa shape index (κ3) is 2.94. The van der Waals surface area contributed by atoms with Gasteiger partial charge in [0.25, 0.3) is 0 Å². The van der Waals surface area contributed by atoms with Crippen molar-refractivity contribution in [1.82, 2.24) is 0 Å². The number of hydrogen-bond acceptors (Lipinski definition) is 2. The van der Waals surface area contributed by atoms with E-state index in [0.717, 1.165) is 37.4 Å². The summed E-state index contributed by atoms with van der Waals surface area (Å²) in [5, 5.41) is 9.19. The summed E-state index contributed by atoms with van der Waals surface area (Å²) >= 11 is 0. The van der Waals surface area contributed by atoms with Crippen LogP contribution in [0.3, 0.4) is 0 Å². The largest absolute Gasteiger partial charge is 0.396 e. The maximum absolute atomic E-state index is 9.19. The Kier molecular flexibility index (Phi) is 4.45. The molecule has 2 fully saturated rings.